The normalized spacial score (nSPS) is 30.4. The Labute approximate surface area is 107 Å². The summed E-state index contributed by atoms with van der Waals surface area (Å²) in [7, 11) is 0. The first-order valence-corrected chi connectivity index (χ1v) is 6.86. The molecule has 1 aromatic rings. The predicted octanol–water partition coefficient (Wildman–Crippen LogP) is 1.30. The number of aryl methyl sites for hydroxylation is 1. The van der Waals surface area contributed by atoms with Crippen LogP contribution in [-0.2, 0) is 11.2 Å². The van der Waals surface area contributed by atoms with E-state index in [2.05, 4.69) is 27.8 Å². The number of anilines is 1. The summed E-state index contributed by atoms with van der Waals surface area (Å²) >= 11 is 0. The summed E-state index contributed by atoms with van der Waals surface area (Å²) in [5.74, 6) is 1.93. The second-order valence-corrected chi connectivity index (χ2v) is 5.36. The van der Waals surface area contributed by atoms with Gasteiger partial charge in [0.2, 0.25) is 5.91 Å². The molecule has 1 aromatic heterocycles. The molecule has 2 aliphatic rings. The van der Waals surface area contributed by atoms with Gasteiger partial charge < -0.3 is 10.6 Å². The fraction of sp³-hybridized carbons (Fsp3) is 0.692. The number of fused-ring (bicyclic) bond motifs is 1. The van der Waals surface area contributed by atoms with Crippen molar-refractivity contribution in [2.24, 2.45) is 11.8 Å². The third-order valence-corrected chi connectivity index (χ3v) is 4.29. The lowest BCUT2D eigenvalue weighted by molar-refractivity contribution is -0.118. The van der Waals surface area contributed by atoms with Crippen molar-refractivity contribution in [2.45, 2.75) is 38.6 Å². The molecule has 0 spiro atoms. The molecule has 3 atom stereocenters. The third kappa shape index (κ3) is 2.03. The number of amides is 1. The molecule has 1 saturated heterocycles. The van der Waals surface area contributed by atoms with Gasteiger partial charge in [0.1, 0.15) is 0 Å². The van der Waals surface area contributed by atoms with E-state index < -0.39 is 0 Å². The third-order valence-electron chi connectivity index (χ3n) is 4.29. The van der Waals surface area contributed by atoms with Crippen LogP contribution in [0.3, 0.4) is 0 Å². The van der Waals surface area contributed by atoms with Gasteiger partial charge in [0.25, 0.3) is 0 Å². The maximum Gasteiger partial charge on any atom is 0.243 e. The number of nitrogens with zero attached hydrogens (tertiary/aromatic N) is 1. The highest BCUT2D eigenvalue weighted by molar-refractivity contribution is 5.94. The zero-order chi connectivity index (χ0) is 12.5. The first-order valence-electron chi connectivity index (χ1n) is 6.86. The molecule has 3 rings (SSSR count). The molecule has 98 valence electrons. The monoisotopic (exact) mass is 248 g/mol. The number of hydrogen-bond donors (Lipinski definition) is 3. The summed E-state index contributed by atoms with van der Waals surface area (Å²) in [5, 5.41) is 13.3. The van der Waals surface area contributed by atoms with E-state index >= 15 is 0 Å². The van der Waals surface area contributed by atoms with Gasteiger partial charge in [-0.1, -0.05) is 13.3 Å². The van der Waals surface area contributed by atoms with Crippen molar-refractivity contribution in [1.82, 2.24) is 15.5 Å². The molecule has 2 heterocycles. The lowest BCUT2D eigenvalue weighted by Crippen LogP contribution is -2.39. The number of hydrogen-bond acceptors (Lipinski definition) is 3. The van der Waals surface area contributed by atoms with E-state index in [1.807, 2.05) is 6.07 Å². The SMILES string of the molecule is CCc1cc(NC(=O)C2NCC3CCCC32)n[nH]1. The van der Waals surface area contributed by atoms with Gasteiger partial charge in [-0.05, 0) is 37.6 Å². The molecule has 1 aliphatic heterocycles. The van der Waals surface area contributed by atoms with E-state index in [-0.39, 0.29) is 11.9 Å². The van der Waals surface area contributed by atoms with Crippen LogP contribution in [0, 0.1) is 11.8 Å². The summed E-state index contributed by atoms with van der Waals surface area (Å²) in [4.78, 5) is 12.2. The van der Waals surface area contributed by atoms with Crippen LogP contribution in [0.5, 0.6) is 0 Å². The minimum atomic E-state index is -0.0284. The number of aromatic amines is 1. The Bertz CT molecular complexity index is 442. The van der Waals surface area contributed by atoms with Crippen LogP contribution >= 0.6 is 0 Å². The smallest absolute Gasteiger partial charge is 0.243 e. The Balaban J connectivity index is 1.64. The van der Waals surface area contributed by atoms with Crippen LogP contribution in [0.2, 0.25) is 0 Å². The summed E-state index contributed by atoms with van der Waals surface area (Å²) in [6.45, 7) is 3.05. The number of rotatable bonds is 3. The van der Waals surface area contributed by atoms with Gasteiger partial charge in [-0.3, -0.25) is 9.89 Å². The van der Waals surface area contributed by atoms with Crippen LogP contribution in [-0.4, -0.2) is 28.7 Å². The average Bonchev–Trinajstić information content (AvgIpc) is 3.03. The van der Waals surface area contributed by atoms with Crippen molar-refractivity contribution in [2.75, 3.05) is 11.9 Å². The first kappa shape index (κ1) is 11.7. The highest BCUT2D eigenvalue weighted by Gasteiger charge is 2.42. The summed E-state index contributed by atoms with van der Waals surface area (Å²) < 4.78 is 0. The molecular weight excluding hydrogens is 228 g/mol. The first-order chi connectivity index (χ1) is 8.78. The molecule has 5 heteroatoms. The van der Waals surface area contributed by atoms with E-state index in [0.717, 1.165) is 18.7 Å². The molecular formula is C13H20N4O. The van der Waals surface area contributed by atoms with Gasteiger partial charge in [0, 0.05) is 11.8 Å². The van der Waals surface area contributed by atoms with Crippen molar-refractivity contribution in [3.63, 3.8) is 0 Å². The highest BCUT2D eigenvalue weighted by Crippen LogP contribution is 2.37. The van der Waals surface area contributed by atoms with Crippen molar-refractivity contribution in [3.8, 4) is 0 Å². The summed E-state index contributed by atoms with van der Waals surface area (Å²) in [5.41, 5.74) is 1.04. The summed E-state index contributed by atoms with van der Waals surface area (Å²) in [6.07, 6.45) is 4.61. The van der Waals surface area contributed by atoms with Crippen molar-refractivity contribution in [3.05, 3.63) is 11.8 Å². The van der Waals surface area contributed by atoms with Gasteiger partial charge >= 0.3 is 0 Å². The number of H-pyrrole nitrogens is 1. The lowest BCUT2D eigenvalue weighted by atomic mass is 9.94. The highest BCUT2D eigenvalue weighted by atomic mass is 16.2. The molecule has 0 bridgehead atoms. The van der Waals surface area contributed by atoms with Crippen LogP contribution in [0.25, 0.3) is 0 Å². The zero-order valence-electron chi connectivity index (χ0n) is 10.7. The minimum Gasteiger partial charge on any atom is -0.308 e. The molecule has 1 saturated carbocycles. The van der Waals surface area contributed by atoms with Crippen LogP contribution in [0.1, 0.15) is 31.9 Å². The van der Waals surface area contributed by atoms with E-state index in [0.29, 0.717) is 17.7 Å². The Morgan fingerprint density at radius 1 is 1.56 bits per heavy atom. The number of carbonyl (C=O) groups is 1. The summed E-state index contributed by atoms with van der Waals surface area (Å²) in [6, 6.07) is 1.87. The molecule has 3 N–H and O–H groups in total. The van der Waals surface area contributed by atoms with E-state index in [9.17, 15) is 4.79 Å². The standard InChI is InChI=1S/C13H20N4O/c1-2-9-6-11(17-16-9)15-13(18)12-10-5-3-4-8(10)7-14-12/h6,8,10,12,14H,2-5,7H2,1H3,(H2,15,16,17,18). The molecule has 1 aliphatic carbocycles. The number of carbonyl (C=O) groups excluding carboxylic acids is 1. The topological polar surface area (TPSA) is 69.8 Å². The molecule has 3 unspecified atom stereocenters. The molecule has 0 radical (unpaired) electrons. The molecule has 2 fully saturated rings. The predicted molar refractivity (Wildman–Crippen MR) is 69.2 cm³/mol. The van der Waals surface area contributed by atoms with Gasteiger partial charge in [-0.15, -0.1) is 0 Å². The van der Waals surface area contributed by atoms with E-state index in [4.69, 9.17) is 0 Å². The van der Waals surface area contributed by atoms with Crippen molar-refractivity contribution in [1.29, 1.82) is 0 Å². The van der Waals surface area contributed by atoms with E-state index in [1.54, 1.807) is 0 Å². The average molecular weight is 248 g/mol. The van der Waals surface area contributed by atoms with Crippen LogP contribution < -0.4 is 10.6 Å². The quantitative estimate of drug-likeness (QED) is 0.755. The van der Waals surface area contributed by atoms with Crippen LogP contribution in [0.4, 0.5) is 5.82 Å². The molecule has 5 nitrogen and oxygen atoms in total. The number of nitrogens with one attached hydrogen (secondary N) is 3. The van der Waals surface area contributed by atoms with Crippen molar-refractivity contribution < 1.29 is 4.79 Å². The Morgan fingerprint density at radius 3 is 3.22 bits per heavy atom. The van der Waals surface area contributed by atoms with Gasteiger partial charge in [-0.2, -0.15) is 5.10 Å². The Kier molecular flexibility index (Phi) is 3.07. The van der Waals surface area contributed by atoms with Gasteiger partial charge in [0.15, 0.2) is 5.82 Å². The zero-order valence-corrected chi connectivity index (χ0v) is 10.7. The van der Waals surface area contributed by atoms with Crippen molar-refractivity contribution >= 4 is 11.7 Å². The van der Waals surface area contributed by atoms with E-state index in [1.165, 1.54) is 19.3 Å². The second-order valence-electron chi connectivity index (χ2n) is 5.36. The number of aromatic nitrogens is 2. The largest absolute Gasteiger partial charge is 0.308 e. The molecule has 18 heavy (non-hydrogen) atoms. The molecule has 0 aromatic carbocycles. The maximum atomic E-state index is 12.2. The van der Waals surface area contributed by atoms with Crippen LogP contribution in [0.15, 0.2) is 6.07 Å². The Morgan fingerprint density at radius 2 is 2.44 bits per heavy atom. The van der Waals surface area contributed by atoms with Gasteiger partial charge in [0.05, 0.1) is 6.04 Å². The fourth-order valence-corrected chi connectivity index (χ4v) is 3.29. The molecule has 1 amide bonds. The minimum absolute atomic E-state index is 0.0284. The second kappa shape index (κ2) is 4.72. The van der Waals surface area contributed by atoms with Gasteiger partial charge in [-0.25, -0.2) is 0 Å². The maximum absolute atomic E-state index is 12.2. The fourth-order valence-electron chi connectivity index (χ4n) is 3.29. The Hall–Kier alpha value is -1.36. The lowest BCUT2D eigenvalue weighted by Gasteiger charge is -2.16.